The van der Waals surface area contributed by atoms with Crippen molar-refractivity contribution in [2.45, 2.75) is 51.1 Å². The number of benzene rings is 2. The number of aliphatic carboxylic acids is 1. The maximum Gasteiger partial charge on any atom is 0.311 e. The van der Waals surface area contributed by atoms with Crippen molar-refractivity contribution >= 4 is 28.7 Å². The second-order valence-corrected chi connectivity index (χ2v) is 10.4. The second-order valence-electron chi connectivity index (χ2n) is 10.4. The fourth-order valence-corrected chi connectivity index (χ4v) is 4.99. The molecule has 2 amide bonds. The fourth-order valence-electron chi connectivity index (χ4n) is 4.99. The lowest BCUT2D eigenvalue weighted by molar-refractivity contribution is -0.155. The molecule has 36 heavy (non-hydrogen) atoms. The van der Waals surface area contributed by atoms with Gasteiger partial charge < -0.3 is 26.0 Å². The van der Waals surface area contributed by atoms with E-state index in [1.165, 1.54) is 0 Å². The van der Waals surface area contributed by atoms with Gasteiger partial charge in [-0.1, -0.05) is 48.5 Å². The standard InChI is InChI=1S/C28H34N4O4/c1-27(2,29)25(34)31-23(15-20-17-30-22-12-7-6-11-21(20)22)24(33)32-14-8-13-28(18-32,26(35)36)16-19-9-4-3-5-10-19/h3-7,9-12,17,23,30H,8,13-16,18,29H2,1-2H3,(H,31,34)(H,35,36)/t23-,28+/m1/s1. The van der Waals surface area contributed by atoms with Crippen LogP contribution >= 0.6 is 0 Å². The molecule has 8 nitrogen and oxygen atoms in total. The molecule has 1 saturated heterocycles. The lowest BCUT2D eigenvalue weighted by atomic mass is 9.75. The van der Waals surface area contributed by atoms with Crippen LogP contribution in [0.15, 0.2) is 60.8 Å². The highest BCUT2D eigenvalue weighted by Crippen LogP contribution is 2.35. The molecule has 1 fully saturated rings. The Hall–Kier alpha value is -3.65. The minimum atomic E-state index is -1.17. The summed E-state index contributed by atoms with van der Waals surface area (Å²) in [4.78, 5) is 44.0. The topological polar surface area (TPSA) is 129 Å². The van der Waals surface area contributed by atoms with Gasteiger partial charge in [-0.15, -0.1) is 0 Å². The van der Waals surface area contributed by atoms with E-state index in [1.54, 1.807) is 18.7 Å². The molecule has 0 unspecified atom stereocenters. The maximum absolute atomic E-state index is 13.9. The fraction of sp³-hybridized carbons (Fsp3) is 0.393. The average molecular weight is 491 g/mol. The second kappa shape index (κ2) is 10.1. The third-order valence-electron chi connectivity index (χ3n) is 7.02. The molecule has 0 aliphatic carbocycles. The number of carboxylic acids is 1. The number of H-pyrrole nitrogens is 1. The van der Waals surface area contributed by atoms with Crippen LogP contribution in [0, 0.1) is 5.41 Å². The number of aromatic nitrogens is 1. The minimum absolute atomic E-state index is 0.0856. The number of likely N-dealkylation sites (tertiary alicyclic amines) is 1. The van der Waals surface area contributed by atoms with E-state index in [4.69, 9.17) is 5.73 Å². The summed E-state index contributed by atoms with van der Waals surface area (Å²) < 4.78 is 0. The van der Waals surface area contributed by atoms with Crippen LogP contribution in [0.1, 0.15) is 37.8 Å². The molecule has 4 rings (SSSR count). The quantitative estimate of drug-likeness (QED) is 0.386. The number of hydrogen-bond acceptors (Lipinski definition) is 4. The van der Waals surface area contributed by atoms with Gasteiger partial charge in [0.1, 0.15) is 6.04 Å². The Labute approximate surface area is 210 Å². The maximum atomic E-state index is 13.9. The molecule has 0 saturated carbocycles. The summed E-state index contributed by atoms with van der Waals surface area (Å²) in [6.07, 6.45) is 3.50. The summed E-state index contributed by atoms with van der Waals surface area (Å²) in [6.45, 7) is 3.70. The number of amides is 2. The van der Waals surface area contributed by atoms with Crippen molar-refractivity contribution in [2.75, 3.05) is 13.1 Å². The van der Waals surface area contributed by atoms with Gasteiger partial charge in [-0.2, -0.15) is 0 Å². The zero-order chi connectivity index (χ0) is 25.9. The lowest BCUT2D eigenvalue weighted by Crippen LogP contribution is -2.59. The molecule has 3 aromatic rings. The molecule has 0 spiro atoms. The van der Waals surface area contributed by atoms with Crippen molar-refractivity contribution in [3.63, 3.8) is 0 Å². The van der Waals surface area contributed by atoms with Crippen molar-refractivity contribution in [1.82, 2.24) is 15.2 Å². The highest BCUT2D eigenvalue weighted by Gasteiger charge is 2.45. The number of carboxylic acid groups (broad SMARTS) is 1. The van der Waals surface area contributed by atoms with Crippen LogP contribution < -0.4 is 11.1 Å². The first-order valence-corrected chi connectivity index (χ1v) is 12.3. The van der Waals surface area contributed by atoms with E-state index in [1.807, 2.05) is 60.8 Å². The van der Waals surface area contributed by atoms with E-state index in [-0.39, 0.29) is 18.9 Å². The molecule has 5 N–H and O–H groups in total. The number of carbonyl (C=O) groups is 3. The average Bonchev–Trinajstić information content (AvgIpc) is 3.26. The SMILES string of the molecule is CC(C)(N)C(=O)N[C@H](Cc1c[nH]c2ccccc12)C(=O)N1CCC[C@@](Cc2ccccc2)(C(=O)O)C1. The van der Waals surface area contributed by atoms with Crippen LogP contribution in [-0.2, 0) is 27.2 Å². The van der Waals surface area contributed by atoms with Gasteiger partial charge in [-0.25, -0.2) is 0 Å². The molecule has 2 aromatic carbocycles. The van der Waals surface area contributed by atoms with Gasteiger partial charge in [0.15, 0.2) is 0 Å². The first-order chi connectivity index (χ1) is 17.1. The van der Waals surface area contributed by atoms with Crippen LogP contribution in [0.3, 0.4) is 0 Å². The molecule has 0 radical (unpaired) electrons. The van der Waals surface area contributed by atoms with Crippen molar-refractivity contribution in [3.05, 3.63) is 71.9 Å². The Bertz CT molecular complexity index is 1250. The number of nitrogens with zero attached hydrogens (tertiary/aromatic N) is 1. The normalized spacial score (nSPS) is 19.1. The third kappa shape index (κ3) is 5.44. The zero-order valence-electron chi connectivity index (χ0n) is 20.8. The molecular weight excluding hydrogens is 456 g/mol. The van der Waals surface area contributed by atoms with Gasteiger partial charge in [0, 0.05) is 36.6 Å². The van der Waals surface area contributed by atoms with Crippen molar-refractivity contribution < 1.29 is 19.5 Å². The van der Waals surface area contributed by atoms with Gasteiger partial charge in [-0.05, 0) is 50.3 Å². The molecule has 1 aliphatic rings. The summed E-state index contributed by atoms with van der Waals surface area (Å²) in [5, 5.41) is 14.1. The zero-order valence-corrected chi connectivity index (χ0v) is 20.8. The summed E-state index contributed by atoms with van der Waals surface area (Å²) in [5.74, 6) is -1.65. The number of nitrogens with one attached hydrogen (secondary N) is 2. The Morgan fingerprint density at radius 1 is 1.14 bits per heavy atom. The van der Waals surface area contributed by atoms with Gasteiger partial charge in [0.2, 0.25) is 11.8 Å². The molecule has 8 heteroatoms. The predicted molar refractivity (Wildman–Crippen MR) is 138 cm³/mol. The first-order valence-electron chi connectivity index (χ1n) is 12.3. The molecule has 2 atom stereocenters. The van der Waals surface area contributed by atoms with Crippen molar-refractivity contribution in [1.29, 1.82) is 0 Å². The number of hydrogen-bond donors (Lipinski definition) is 4. The van der Waals surface area contributed by atoms with E-state index in [0.29, 0.717) is 25.8 Å². The Morgan fingerprint density at radius 2 is 1.83 bits per heavy atom. The van der Waals surface area contributed by atoms with E-state index >= 15 is 0 Å². The molecular formula is C28H34N4O4. The van der Waals surface area contributed by atoms with Gasteiger partial charge in [0.05, 0.1) is 11.0 Å². The van der Waals surface area contributed by atoms with E-state index in [0.717, 1.165) is 22.0 Å². The molecule has 0 bridgehead atoms. The van der Waals surface area contributed by atoms with Crippen molar-refractivity contribution in [2.24, 2.45) is 11.1 Å². The lowest BCUT2D eigenvalue weighted by Gasteiger charge is -2.41. The highest BCUT2D eigenvalue weighted by molar-refractivity contribution is 5.93. The van der Waals surface area contributed by atoms with Crippen LogP contribution in [0.25, 0.3) is 10.9 Å². The van der Waals surface area contributed by atoms with Gasteiger partial charge >= 0.3 is 5.97 Å². The van der Waals surface area contributed by atoms with Crippen molar-refractivity contribution in [3.8, 4) is 0 Å². The van der Waals surface area contributed by atoms with Crippen LogP contribution in [0.5, 0.6) is 0 Å². The summed E-state index contributed by atoms with van der Waals surface area (Å²) in [7, 11) is 0. The largest absolute Gasteiger partial charge is 0.481 e. The van der Waals surface area contributed by atoms with E-state index in [2.05, 4.69) is 10.3 Å². The number of carbonyl (C=O) groups excluding carboxylic acids is 2. The predicted octanol–water partition coefficient (Wildman–Crippen LogP) is 2.87. The summed E-state index contributed by atoms with van der Waals surface area (Å²) in [5.41, 5.74) is 6.52. The van der Waals surface area contributed by atoms with Crippen LogP contribution in [-0.4, -0.2) is 57.4 Å². The summed E-state index contributed by atoms with van der Waals surface area (Å²) in [6, 6.07) is 16.4. The third-order valence-corrected chi connectivity index (χ3v) is 7.02. The Morgan fingerprint density at radius 3 is 2.53 bits per heavy atom. The Kier molecular flexibility index (Phi) is 7.17. The monoisotopic (exact) mass is 490 g/mol. The van der Waals surface area contributed by atoms with E-state index in [9.17, 15) is 19.5 Å². The molecule has 1 aromatic heterocycles. The van der Waals surface area contributed by atoms with Gasteiger partial charge in [-0.3, -0.25) is 14.4 Å². The number of fused-ring (bicyclic) bond motifs is 1. The number of nitrogens with two attached hydrogens (primary N) is 1. The number of rotatable bonds is 8. The summed E-state index contributed by atoms with van der Waals surface area (Å²) >= 11 is 0. The highest BCUT2D eigenvalue weighted by atomic mass is 16.4. The number of para-hydroxylation sites is 1. The molecule has 2 heterocycles. The Balaban J connectivity index is 1.61. The van der Waals surface area contributed by atoms with E-state index < -0.39 is 28.9 Å². The molecule has 1 aliphatic heterocycles. The molecule has 190 valence electrons. The smallest absolute Gasteiger partial charge is 0.311 e. The van der Waals surface area contributed by atoms with Crippen LogP contribution in [0.4, 0.5) is 0 Å². The first kappa shape index (κ1) is 25.4. The van der Waals surface area contributed by atoms with Crippen LogP contribution in [0.2, 0.25) is 0 Å². The number of aromatic amines is 1. The minimum Gasteiger partial charge on any atom is -0.481 e. The van der Waals surface area contributed by atoms with Gasteiger partial charge in [0.25, 0.3) is 0 Å². The number of piperidine rings is 1.